The van der Waals surface area contributed by atoms with Crippen LogP contribution < -0.4 is 10.1 Å². The standard InChI is InChI=1S/C11H11F3N2O4/c1-10(2,9(18)19)16-8(17)6-3-7(5-15-4-6)20-11(12,13)14/h3-5H,1-2H3,(H,16,17)(H,18,19). The van der Waals surface area contributed by atoms with Gasteiger partial charge in [0.15, 0.2) is 0 Å². The molecule has 0 aromatic carbocycles. The number of alkyl halides is 3. The highest BCUT2D eigenvalue weighted by Gasteiger charge is 2.32. The summed E-state index contributed by atoms with van der Waals surface area (Å²) in [5, 5.41) is 11.0. The number of hydrogen-bond acceptors (Lipinski definition) is 4. The van der Waals surface area contributed by atoms with Gasteiger partial charge in [0, 0.05) is 6.20 Å². The van der Waals surface area contributed by atoms with Crippen LogP contribution in [0.1, 0.15) is 24.2 Å². The van der Waals surface area contributed by atoms with Gasteiger partial charge in [-0.25, -0.2) is 4.79 Å². The first kappa shape index (κ1) is 15.7. The number of carboxylic acids is 1. The lowest BCUT2D eigenvalue weighted by Crippen LogP contribution is -2.49. The van der Waals surface area contributed by atoms with Gasteiger partial charge < -0.3 is 15.2 Å². The molecule has 0 aliphatic carbocycles. The number of halogens is 3. The molecule has 0 aliphatic heterocycles. The Morgan fingerprint density at radius 2 is 1.90 bits per heavy atom. The van der Waals surface area contributed by atoms with Crippen LogP contribution in [0, 0.1) is 0 Å². The largest absolute Gasteiger partial charge is 0.573 e. The summed E-state index contributed by atoms with van der Waals surface area (Å²) in [7, 11) is 0. The molecule has 1 amide bonds. The van der Waals surface area contributed by atoms with E-state index in [0.29, 0.717) is 0 Å². The average molecular weight is 292 g/mol. The van der Waals surface area contributed by atoms with Crippen molar-refractivity contribution in [2.45, 2.75) is 25.7 Å². The minimum atomic E-state index is -4.91. The Morgan fingerprint density at radius 1 is 1.30 bits per heavy atom. The van der Waals surface area contributed by atoms with Gasteiger partial charge in [-0.3, -0.25) is 9.78 Å². The average Bonchev–Trinajstić information content (AvgIpc) is 2.26. The topological polar surface area (TPSA) is 88.5 Å². The molecule has 0 saturated carbocycles. The molecule has 0 spiro atoms. The molecule has 0 fully saturated rings. The quantitative estimate of drug-likeness (QED) is 0.879. The maximum Gasteiger partial charge on any atom is 0.573 e. The number of ether oxygens (including phenoxy) is 1. The van der Waals surface area contributed by atoms with Crippen molar-refractivity contribution in [2.75, 3.05) is 0 Å². The van der Waals surface area contributed by atoms with Crippen LogP contribution in [-0.2, 0) is 4.79 Å². The van der Waals surface area contributed by atoms with Crippen LogP contribution in [0.5, 0.6) is 5.75 Å². The van der Waals surface area contributed by atoms with Gasteiger partial charge in [0.2, 0.25) is 0 Å². The zero-order valence-corrected chi connectivity index (χ0v) is 10.5. The molecule has 0 saturated heterocycles. The normalized spacial score (nSPS) is 11.8. The zero-order valence-electron chi connectivity index (χ0n) is 10.5. The number of rotatable bonds is 4. The lowest BCUT2D eigenvalue weighted by Gasteiger charge is -2.21. The summed E-state index contributed by atoms with van der Waals surface area (Å²) in [5.74, 6) is -2.84. The number of carbonyl (C=O) groups is 2. The molecule has 9 heteroatoms. The fourth-order valence-corrected chi connectivity index (χ4v) is 1.14. The fourth-order valence-electron chi connectivity index (χ4n) is 1.14. The Labute approximate surface area is 111 Å². The first-order valence-corrected chi connectivity index (χ1v) is 5.28. The minimum Gasteiger partial charge on any atom is -0.480 e. The number of aromatic nitrogens is 1. The number of pyridine rings is 1. The number of aliphatic carboxylic acids is 1. The van der Waals surface area contributed by atoms with Crippen LogP contribution in [0.25, 0.3) is 0 Å². The molecule has 0 aliphatic rings. The summed E-state index contributed by atoms with van der Waals surface area (Å²) >= 11 is 0. The molecule has 1 rings (SSSR count). The van der Waals surface area contributed by atoms with Crippen molar-refractivity contribution in [2.24, 2.45) is 0 Å². The van der Waals surface area contributed by atoms with E-state index in [1.165, 1.54) is 13.8 Å². The number of amides is 1. The molecule has 110 valence electrons. The molecule has 2 N–H and O–H groups in total. The monoisotopic (exact) mass is 292 g/mol. The van der Waals surface area contributed by atoms with E-state index >= 15 is 0 Å². The van der Waals surface area contributed by atoms with E-state index in [-0.39, 0.29) is 5.56 Å². The van der Waals surface area contributed by atoms with Crippen LogP contribution in [0.2, 0.25) is 0 Å². The lowest BCUT2D eigenvalue weighted by molar-refractivity contribution is -0.274. The van der Waals surface area contributed by atoms with Gasteiger partial charge in [-0.15, -0.1) is 13.2 Å². The predicted molar refractivity (Wildman–Crippen MR) is 60.1 cm³/mol. The Bertz CT molecular complexity index is 529. The van der Waals surface area contributed by atoms with E-state index in [1.54, 1.807) is 0 Å². The zero-order chi connectivity index (χ0) is 15.6. The highest BCUT2D eigenvalue weighted by molar-refractivity contribution is 5.97. The molecule has 20 heavy (non-hydrogen) atoms. The lowest BCUT2D eigenvalue weighted by atomic mass is 10.1. The predicted octanol–water partition coefficient (Wildman–Crippen LogP) is 1.57. The third-order valence-corrected chi connectivity index (χ3v) is 2.17. The molecule has 0 atom stereocenters. The summed E-state index contributed by atoms with van der Waals surface area (Å²) in [6.07, 6.45) is -3.12. The summed E-state index contributed by atoms with van der Waals surface area (Å²) in [6.45, 7) is 2.47. The van der Waals surface area contributed by atoms with Gasteiger partial charge in [0.25, 0.3) is 5.91 Å². The minimum absolute atomic E-state index is 0.249. The smallest absolute Gasteiger partial charge is 0.480 e. The van der Waals surface area contributed by atoms with E-state index in [9.17, 15) is 22.8 Å². The van der Waals surface area contributed by atoms with Crippen molar-refractivity contribution >= 4 is 11.9 Å². The first-order chi connectivity index (χ1) is 9.01. The number of nitrogens with one attached hydrogen (secondary N) is 1. The Kier molecular flexibility index (Phi) is 4.21. The third-order valence-electron chi connectivity index (χ3n) is 2.17. The maximum absolute atomic E-state index is 12.0. The SMILES string of the molecule is CC(C)(NC(=O)c1cncc(OC(F)(F)F)c1)C(=O)O. The molecular weight excluding hydrogens is 281 g/mol. The van der Waals surface area contributed by atoms with Gasteiger partial charge in [0.1, 0.15) is 11.3 Å². The van der Waals surface area contributed by atoms with Crippen LogP contribution in [-0.4, -0.2) is 33.9 Å². The van der Waals surface area contributed by atoms with Crippen molar-refractivity contribution in [3.8, 4) is 5.75 Å². The third kappa shape index (κ3) is 4.41. The van der Waals surface area contributed by atoms with E-state index in [0.717, 1.165) is 18.5 Å². The summed E-state index contributed by atoms with van der Waals surface area (Å²) in [4.78, 5) is 26.0. The highest BCUT2D eigenvalue weighted by atomic mass is 19.4. The van der Waals surface area contributed by atoms with Crippen LogP contribution in [0.15, 0.2) is 18.5 Å². The molecule has 0 bridgehead atoms. The number of carboxylic acid groups (broad SMARTS) is 1. The number of nitrogens with zero attached hydrogens (tertiary/aromatic N) is 1. The number of hydrogen-bond donors (Lipinski definition) is 2. The van der Waals surface area contributed by atoms with Gasteiger partial charge in [0.05, 0.1) is 11.8 Å². The fraction of sp³-hybridized carbons (Fsp3) is 0.364. The van der Waals surface area contributed by atoms with Crippen molar-refractivity contribution in [3.05, 3.63) is 24.0 Å². The second-order valence-electron chi connectivity index (χ2n) is 4.34. The van der Waals surface area contributed by atoms with Gasteiger partial charge in [-0.1, -0.05) is 0 Å². The molecule has 1 aromatic heterocycles. The van der Waals surface area contributed by atoms with E-state index in [2.05, 4.69) is 15.0 Å². The van der Waals surface area contributed by atoms with Gasteiger partial charge in [-0.2, -0.15) is 0 Å². The van der Waals surface area contributed by atoms with E-state index in [4.69, 9.17) is 5.11 Å². The summed E-state index contributed by atoms with van der Waals surface area (Å²) < 4.78 is 39.7. The molecular formula is C11H11F3N2O4. The Hall–Kier alpha value is -2.32. The van der Waals surface area contributed by atoms with Crippen LogP contribution >= 0.6 is 0 Å². The van der Waals surface area contributed by atoms with Crippen LogP contribution in [0.3, 0.4) is 0 Å². The number of carbonyl (C=O) groups excluding carboxylic acids is 1. The van der Waals surface area contributed by atoms with Crippen LogP contribution in [0.4, 0.5) is 13.2 Å². The molecule has 0 unspecified atom stereocenters. The summed E-state index contributed by atoms with van der Waals surface area (Å²) in [6, 6.07) is 0.813. The molecule has 6 nitrogen and oxygen atoms in total. The van der Waals surface area contributed by atoms with E-state index in [1.807, 2.05) is 0 Å². The van der Waals surface area contributed by atoms with Gasteiger partial charge in [-0.05, 0) is 19.9 Å². The van der Waals surface area contributed by atoms with Crippen molar-refractivity contribution in [3.63, 3.8) is 0 Å². The molecule has 0 radical (unpaired) electrons. The van der Waals surface area contributed by atoms with Crippen molar-refractivity contribution in [1.29, 1.82) is 0 Å². The first-order valence-electron chi connectivity index (χ1n) is 5.28. The second kappa shape index (κ2) is 5.35. The maximum atomic E-state index is 12.0. The Morgan fingerprint density at radius 3 is 2.40 bits per heavy atom. The highest BCUT2D eigenvalue weighted by Crippen LogP contribution is 2.22. The molecule has 1 heterocycles. The second-order valence-corrected chi connectivity index (χ2v) is 4.34. The molecule has 1 aromatic rings. The van der Waals surface area contributed by atoms with Crippen molar-refractivity contribution < 1.29 is 32.6 Å². The van der Waals surface area contributed by atoms with E-state index < -0.39 is 29.5 Å². The summed E-state index contributed by atoms with van der Waals surface area (Å²) in [5.41, 5.74) is -1.82. The van der Waals surface area contributed by atoms with Crippen molar-refractivity contribution in [1.82, 2.24) is 10.3 Å². The Balaban J connectivity index is 2.90. The van der Waals surface area contributed by atoms with Gasteiger partial charge >= 0.3 is 12.3 Å².